The van der Waals surface area contributed by atoms with Crippen LogP contribution in [0.4, 0.5) is 11.6 Å². The van der Waals surface area contributed by atoms with Crippen molar-refractivity contribution in [2.24, 2.45) is 11.8 Å². The number of rotatable bonds is 10. The van der Waals surface area contributed by atoms with Gasteiger partial charge in [0.2, 0.25) is 0 Å². The molecule has 0 spiro atoms. The Balaban J connectivity index is 2.67. The van der Waals surface area contributed by atoms with E-state index in [0.717, 1.165) is 19.4 Å². The first kappa shape index (κ1) is 16.6. The maximum absolute atomic E-state index is 8.99. The van der Waals surface area contributed by atoms with Crippen molar-refractivity contribution in [3.63, 3.8) is 0 Å². The highest BCUT2D eigenvalue weighted by Gasteiger charge is 2.08. The van der Waals surface area contributed by atoms with Crippen LogP contribution in [0.2, 0.25) is 0 Å². The van der Waals surface area contributed by atoms with Crippen molar-refractivity contribution < 1.29 is 9.84 Å². The van der Waals surface area contributed by atoms with Crippen LogP contribution in [0.5, 0.6) is 0 Å². The molecule has 1 atom stereocenters. The first-order valence-corrected chi connectivity index (χ1v) is 7.00. The SMILES string of the molecule is CCOCc1nc(NN)cc(NCC(CC)CCO)n1. The van der Waals surface area contributed by atoms with Crippen LogP contribution in [-0.2, 0) is 11.3 Å². The summed E-state index contributed by atoms with van der Waals surface area (Å²) >= 11 is 0. The van der Waals surface area contributed by atoms with Crippen LogP contribution in [0.3, 0.4) is 0 Å². The Labute approximate surface area is 119 Å². The van der Waals surface area contributed by atoms with Crippen LogP contribution < -0.4 is 16.6 Å². The predicted molar refractivity (Wildman–Crippen MR) is 79.1 cm³/mol. The van der Waals surface area contributed by atoms with E-state index < -0.39 is 0 Å². The highest BCUT2D eigenvalue weighted by molar-refractivity contribution is 5.46. The van der Waals surface area contributed by atoms with Gasteiger partial charge in [0, 0.05) is 25.8 Å². The van der Waals surface area contributed by atoms with Crippen molar-refractivity contribution >= 4 is 11.6 Å². The molecule has 1 rings (SSSR count). The van der Waals surface area contributed by atoms with Crippen molar-refractivity contribution in [2.45, 2.75) is 33.3 Å². The fraction of sp³-hybridized carbons (Fsp3) is 0.692. The number of aliphatic hydroxyl groups is 1. The molecule has 5 N–H and O–H groups in total. The van der Waals surface area contributed by atoms with E-state index in [-0.39, 0.29) is 6.61 Å². The number of ether oxygens (including phenoxy) is 1. The van der Waals surface area contributed by atoms with E-state index in [1.807, 2.05) is 6.92 Å². The van der Waals surface area contributed by atoms with Gasteiger partial charge in [-0.3, -0.25) is 0 Å². The van der Waals surface area contributed by atoms with Crippen LogP contribution in [-0.4, -0.2) is 34.8 Å². The highest BCUT2D eigenvalue weighted by Crippen LogP contribution is 2.14. The standard InChI is InChI=1S/C13H25N5O2/c1-3-10(5-6-19)8-15-11-7-12(18-14)17-13(16-11)9-20-4-2/h7,10,19H,3-6,8-9,14H2,1-2H3,(H2,15,16,17,18). The molecule has 20 heavy (non-hydrogen) atoms. The number of anilines is 2. The van der Waals surface area contributed by atoms with Gasteiger partial charge in [-0.2, -0.15) is 0 Å². The van der Waals surface area contributed by atoms with Crippen LogP contribution >= 0.6 is 0 Å². The molecule has 0 aliphatic heterocycles. The van der Waals surface area contributed by atoms with E-state index >= 15 is 0 Å². The molecule has 1 unspecified atom stereocenters. The average molecular weight is 283 g/mol. The van der Waals surface area contributed by atoms with Crippen molar-refractivity contribution in [2.75, 3.05) is 30.5 Å². The Bertz CT molecular complexity index is 389. The first-order chi connectivity index (χ1) is 9.73. The third-order valence-electron chi connectivity index (χ3n) is 3.04. The van der Waals surface area contributed by atoms with Gasteiger partial charge in [0.25, 0.3) is 0 Å². The maximum Gasteiger partial charge on any atom is 0.158 e. The van der Waals surface area contributed by atoms with E-state index in [9.17, 15) is 0 Å². The molecule has 114 valence electrons. The second-order valence-electron chi connectivity index (χ2n) is 4.50. The Morgan fingerprint density at radius 2 is 2.10 bits per heavy atom. The summed E-state index contributed by atoms with van der Waals surface area (Å²) in [7, 11) is 0. The molecule has 0 aliphatic carbocycles. The molecule has 0 aliphatic rings. The van der Waals surface area contributed by atoms with Gasteiger partial charge in [-0.25, -0.2) is 15.8 Å². The van der Waals surface area contributed by atoms with E-state index in [0.29, 0.717) is 36.6 Å². The second kappa shape index (κ2) is 9.46. The van der Waals surface area contributed by atoms with Crippen LogP contribution in [0.25, 0.3) is 0 Å². The van der Waals surface area contributed by atoms with Gasteiger partial charge in [0.1, 0.15) is 18.2 Å². The fourth-order valence-corrected chi connectivity index (χ4v) is 1.80. The number of hydrogen-bond acceptors (Lipinski definition) is 7. The average Bonchev–Trinajstić information content (AvgIpc) is 2.49. The molecular weight excluding hydrogens is 258 g/mol. The van der Waals surface area contributed by atoms with Crippen molar-refractivity contribution in [1.82, 2.24) is 9.97 Å². The minimum atomic E-state index is 0.204. The van der Waals surface area contributed by atoms with Crippen molar-refractivity contribution in [3.8, 4) is 0 Å². The number of hydrogen-bond donors (Lipinski definition) is 4. The lowest BCUT2D eigenvalue weighted by Crippen LogP contribution is -2.17. The Kier molecular flexibility index (Phi) is 7.86. The summed E-state index contributed by atoms with van der Waals surface area (Å²) in [5, 5.41) is 12.3. The van der Waals surface area contributed by atoms with Gasteiger partial charge in [-0.15, -0.1) is 0 Å². The lowest BCUT2D eigenvalue weighted by atomic mass is 10.0. The minimum Gasteiger partial charge on any atom is -0.396 e. The largest absolute Gasteiger partial charge is 0.396 e. The van der Waals surface area contributed by atoms with Crippen molar-refractivity contribution in [3.05, 3.63) is 11.9 Å². The molecule has 7 nitrogen and oxygen atoms in total. The summed E-state index contributed by atoms with van der Waals surface area (Å²) < 4.78 is 5.30. The molecule has 0 bridgehead atoms. The van der Waals surface area contributed by atoms with Gasteiger partial charge in [0.05, 0.1) is 0 Å². The molecule has 7 heteroatoms. The molecule has 0 fully saturated rings. The molecule has 1 heterocycles. The number of nitrogen functional groups attached to an aromatic ring is 1. The number of nitrogens with one attached hydrogen (secondary N) is 2. The summed E-state index contributed by atoms with van der Waals surface area (Å²) in [6.07, 6.45) is 1.79. The van der Waals surface area contributed by atoms with Gasteiger partial charge in [0.15, 0.2) is 5.82 Å². The molecule has 0 saturated carbocycles. The summed E-state index contributed by atoms with van der Waals surface area (Å²) in [4.78, 5) is 8.60. The Morgan fingerprint density at radius 3 is 2.70 bits per heavy atom. The quantitative estimate of drug-likeness (QED) is 0.376. The molecule has 0 saturated heterocycles. The van der Waals surface area contributed by atoms with Gasteiger partial charge in [-0.1, -0.05) is 13.3 Å². The number of nitrogens with two attached hydrogens (primary N) is 1. The van der Waals surface area contributed by atoms with Crippen LogP contribution in [0.15, 0.2) is 6.07 Å². The zero-order valence-corrected chi connectivity index (χ0v) is 12.2. The van der Waals surface area contributed by atoms with E-state index in [1.165, 1.54) is 0 Å². The molecular formula is C13H25N5O2. The third-order valence-corrected chi connectivity index (χ3v) is 3.04. The monoisotopic (exact) mass is 283 g/mol. The van der Waals surface area contributed by atoms with Crippen LogP contribution in [0, 0.1) is 5.92 Å². The van der Waals surface area contributed by atoms with E-state index in [4.69, 9.17) is 15.7 Å². The topological polar surface area (TPSA) is 105 Å². The number of nitrogens with zero attached hydrogens (tertiary/aromatic N) is 2. The molecule has 0 aromatic carbocycles. The lowest BCUT2D eigenvalue weighted by Gasteiger charge is -2.15. The first-order valence-electron chi connectivity index (χ1n) is 7.00. The highest BCUT2D eigenvalue weighted by atomic mass is 16.5. The lowest BCUT2D eigenvalue weighted by molar-refractivity contribution is 0.128. The molecule has 0 radical (unpaired) electrons. The van der Waals surface area contributed by atoms with Gasteiger partial charge >= 0.3 is 0 Å². The zero-order chi connectivity index (χ0) is 14.8. The summed E-state index contributed by atoms with van der Waals surface area (Å²) in [5.41, 5.74) is 2.52. The second-order valence-corrected chi connectivity index (χ2v) is 4.50. The van der Waals surface area contributed by atoms with E-state index in [1.54, 1.807) is 6.07 Å². The Morgan fingerprint density at radius 1 is 1.35 bits per heavy atom. The van der Waals surface area contributed by atoms with Crippen molar-refractivity contribution in [1.29, 1.82) is 0 Å². The Hall–Kier alpha value is -1.44. The van der Waals surface area contributed by atoms with E-state index in [2.05, 4.69) is 27.6 Å². The summed E-state index contributed by atoms with van der Waals surface area (Å²) in [6.45, 7) is 5.96. The smallest absolute Gasteiger partial charge is 0.158 e. The maximum atomic E-state index is 8.99. The number of aliphatic hydroxyl groups excluding tert-OH is 1. The zero-order valence-electron chi connectivity index (χ0n) is 12.2. The summed E-state index contributed by atoms with van der Waals surface area (Å²) in [5.74, 6) is 7.66. The van der Waals surface area contributed by atoms with Gasteiger partial charge < -0.3 is 20.6 Å². The number of hydrazine groups is 1. The summed E-state index contributed by atoms with van der Waals surface area (Å²) in [6, 6.07) is 1.75. The molecule has 1 aromatic rings. The third kappa shape index (κ3) is 5.68. The number of aromatic nitrogens is 2. The molecule has 1 aromatic heterocycles. The van der Waals surface area contributed by atoms with Crippen LogP contribution in [0.1, 0.15) is 32.5 Å². The fourth-order valence-electron chi connectivity index (χ4n) is 1.80. The normalized spacial score (nSPS) is 12.2. The molecule has 0 amide bonds. The minimum absolute atomic E-state index is 0.204. The predicted octanol–water partition coefficient (Wildman–Crippen LogP) is 1.12. The van der Waals surface area contributed by atoms with Gasteiger partial charge in [-0.05, 0) is 19.3 Å².